The van der Waals surface area contributed by atoms with Gasteiger partial charge in [-0.15, -0.1) is 5.10 Å². The minimum atomic E-state index is -0.384. The molecule has 7 nitrogen and oxygen atoms in total. The van der Waals surface area contributed by atoms with Gasteiger partial charge in [-0.05, 0) is 31.2 Å². The van der Waals surface area contributed by atoms with Gasteiger partial charge >= 0.3 is 0 Å². The van der Waals surface area contributed by atoms with E-state index in [1.165, 1.54) is 0 Å². The van der Waals surface area contributed by atoms with Crippen molar-refractivity contribution in [2.45, 2.75) is 13.5 Å². The Morgan fingerprint density at radius 1 is 1.18 bits per heavy atom. The van der Waals surface area contributed by atoms with Gasteiger partial charge in [-0.1, -0.05) is 23.4 Å². The smallest absolute Gasteiger partial charge is 0.278 e. The molecule has 0 aliphatic heterocycles. The summed E-state index contributed by atoms with van der Waals surface area (Å²) < 4.78 is 1.04. The second-order valence-corrected chi connectivity index (χ2v) is 4.78. The summed E-state index contributed by atoms with van der Waals surface area (Å²) in [6.07, 6.45) is 0. The summed E-state index contributed by atoms with van der Waals surface area (Å²) in [5, 5.41) is 10.8. The van der Waals surface area contributed by atoms with E-state index in [0.717, 1.165) is 10.4 Å². The third kappa shape index (κ3) is 2.83. The molecule has 3 aromatic rings. The van der Waals surface area contributed by atoms with Gasteiger partial charge in [0.1, 0.15) is 17.9 Å². The molecular weight excluding hydrogens is 282 g/mol. The van der Waals surface area contributed by atoms with Crippen molar-refractivity contribution < 1.29 is 4.79 Å². The van der Waals surface area contributed by atoms with Crippen LogP contribution >= 0.6 is 0 Å². The number of nitrogens with zero attached hydrogens (tertiary/aromatic N) is 4. The van der Waals surface area contributed by atoms with E-state index >= 15 is 0 Å². The van der Waals surface area contributed by atoms with Crippen molar-refractivity contribution in [1.82, 2.24) is 20.0 Å². The lowest BCUT2D eigenvalue weighted by Gasteiger charge is -2.06. The first-order chi connectivity index (χ1) is 10.6. The summed E-state index contributed by atoms with van der Waals surface area (Å²) in [6, 6.07) is 12.2. The highest BCUT2D eigenvalue weighted by atomic mass is 16.2. The van der Waals surface area contributed by atoms with E-state index in [-0.39, 0.29) is 18.0 Å². The van der Waals surface area contributed by atoms with E-state index in [2.05, 4.69) is 20.6 Å². The number of carbonyl (C=O) groups excluding carboxylic acids is 1. The summed E-state index contributed by atoms with van der Waals surface area (Å²) in [7, 11) is 0. The topological polar surface area (TPSA) is 89.8 Å². The van der Waals surface area contributed by atoms with Crippen LogP contribution in [0, 0.1) is 6.92 Å². The van der Waals surface area contributed by atoms with Crippen LogP contribution in [-0.2, 0) is 11.3 Å². The number of rotatable bonds is 3. The minimum absolute atomic E-state index is 0.216. The molecule has 0 saturated heterocycles. The number of benzene rings is 1. The fourth-order valence-electron chi connectivity index (χ4n) is 2.06. The number of pyridine rings is 1. The van der Waals surface area contributed by atoms with Gasteiger partial charge < -0.3 is 5.32 Å². The quantitative estimate of drug-likeness (QED) is 0.782. The van der Waals surface area contributed by atoms with Crippen LogP contribution in [0.25, 0.3) is 10.9 Å². The highest BCUT2D eigenvalue weighted by molar-refractivity contribution is 5.89. The van der Waals surface area contributed by atoms with Gasteiger partial charge in [-0.2, -0.15) is 0 Å². The third-order valence-electron chi connectivity index (χ3n) is 3.08. The molecule has 0 unspecified atom stereocenters. The second kappa shape index (κ2) is 5.72. The fraction of sp³-hybridized carbons (Fsp3) is 0.133. The Morgan fingerprint density at radius 3 is 2.82 bits per heavy atom. The number of fused-ring (bicyclic) bond motifs is 1. The lowest BCUT2D eigenvalue weighted by Crippen LogP contribution is -2.30. The highest BCUT2D eigenvalue weighted by Crippen LogP contribution is 2.05. The van der Waals surface area contributed by atoms with Gasteiger partial charge in [-0.3, -0.25) is 9.59 Å². The minimum Gasteiger partial charge on any atom is -0.309 e. The molecule has 0 bridgehead atoms. The van der Waals surface area contributed by atoms with E-state index in [4.69, 9.17) is 0 Å². The Morgan fingerprint density at radius 2 is 2.00 bits per heavy atom. The predicted octanol–water partition coefficient (Wildman–Crippen LogP) is 1.13. The summed E-state index contributed by atoms with van der Waals surface area (Å²) in [5.41, 5.74) is 0.947. The van der Waals surface area contributed by atoms with Crippen molar-refractivity contribution in [1.29, 1.82) is 0 Å². The molecule has 1 aromatic carbocycles. The Kier molecular flexibility index (Phi) is 3.61. The Balaban J connectivity index is 1.82. The number of nitrogens with one attached hydrogen (secondary N) is 1. The molecule has 22 heavy (non-hydrogen) atoms. The van der Waals surface area contributed by atoms with Crippen LogP contribution in [0.4, 0.5) is 5.82 Å². The number of carbonyl (C=O) groups is 1. The predicted molar refractivity (Wildman–Crippen MR) is 81.4 cm³/mol. The SMILES string of the molecule is Cc1cccc(NC(=O)Cn2nnc3ccccc3c2=O)n1. The molecule has 2 aromatic heterocycles. The maximum absolute atomic E-state index is 12.2. The number of hydrogen-bond donors (Lipinski definition) is 1. The number of hydrogen-bond acceptors (Lipinski definition) is 5. The number of aryl methyl sites for hydroxylation is 1. The lowest BCUT2D eigenvalue weighted by molar-refractivity contribution is -0.117. The molecule has 110 valence electrons. The van der Waals surface area contributed by atoms with Gasteiger partial charge in [0, 0.05) is 5.69 Å². The molecule has 0 fully saturated rings. The van der Waals surface area contributed by atoms with E-state index in [0.29, 0.717) is 16.7 Å². The van der Waals surface area contributed by atoms with E-state index in [9.17, 15) is 9.59 Å². The molecule has 0 aliphatic rings. The van der Waals surface area contributed by atoms with Crippen LogP contribution in [0.1, 0.15) is 5.69 Å². The van der Waals surface area contributed by atoms with Gasteiger partial charge in [0.15, 0.2) is 0 Å². The average molecular weight is 295 g/mol. The Hall–Kier alpha value is -3.09. The summed E-state index contributed by atoms with van der Waals surface area (Å²) in [5.74, 6) is 0.0524. The lowest BCUT2D eigenvalue weighted by atomic mass is 10.2. The average Bonchev–Trinajstić information content (AvgIpc) is 2.50. The molecule has 1 amide bonds. The van der Waals surface area contributed by atoms with Gasteiger partial charge in [0.2, 0.25) is 5.91 Å². The zero-order chi connectivity index (χ0) is 15.5. The van der Waals surface area contributed by atoms with Gasteiger partial charge in [0.05, 0.1) is 5.39 Å². The first-order valence-electron chi connectivity index (χ1n) is 6.69. The molecule has 3 rings (SSSR count). The fourth-order valence-corrected chi connectivity index (χ4v) is 2.06. The van der Waals surface area contributed by atoms with Crippen molar-refractivity contribution in [3.05, 3.63) is 58.5 Å². The monoisotopic (exact) mass is 295 g/mol. The van der Waals surface area contributed by atoms with Crippen molar-refractivity contribution in [3.63, 3.8) is 0 Å². The molecule has 0 saturated carbocycles. The molecule has 0 radical (unpaired) electrons. The highest BCUT2D eigenvalue weighted by Gasteiger charge is 2.10. The van der Waals surface area contributed by atoms with Crippen LogP contribution in [0.2, 0.25) is 0 Å². The number of aromatic nitrogens is 4. The normalized spacial score (nSPS) is 10.6. The second-order valence-electron chi connectivity index (χ2n) is 4.78. The maximum atomic E-state index is 12.2. The van der Waals surface area contributed by atoms with Crippen molar-refractivity contribution in [3.8, 4) is 0 Å². The Labute approximate surface area is 125 Å². The molecule has 0 spiro atoms. The molecule has 7 heteroatoms. The molecule has 0 aliphatic carbocycles. The van der Waals surface area contributed by atoms with Gasteiger partial charge in [-0.25, -0.2) is 9.67 Å². The number of amides is 1. The van der Waals surface area contributed by atoms with Crippen molar-refractivity contribution in [2.75, 3.05) is 5.32 Å². The van der Waals surface area contributed by atoms with Crippen molar-refractivity contribution in [2.24, 2.45) is 0 Å². The first kappa shape index (κ1) is 13.9. The summed E-state index contributed by atoms with van der Waals surface area (Å²) >= 11 is 0. The molecule has 2 heterocycles. The van der Waals surface area contributed by atoms with Crippen LogP contribution in [0.3, 0.4) is 0 Å². The summed E-state index contributed by atoms with van der Waals surface area (Å²) in [4.78, 5) is 28.4. The van der Waals surface area contributed by atoms with Crippen molar-refractivity contribution >= 4 is 22.6 Å². The third-order valence-corrected chi connectivity index (χ3v) is 3.08. The number of anilines is 1. The van der Waals surface area contributed by atoms with Crippen LogP contribution in [0.15, 0.2) is 47.3 Å². The van der Waals surface area contributed by atoms with Crippen LogP contribution < -0.4 is 10.9 Å². The van der Waals surface area contributed by atoms with Crippen LogP contribution in [0.5, 0.6) is 0 Å². The molecule has 0 atom stereocenters. The van der Waals surface area contributed by atoms with Crippen LogP contribution in [-0.4, -0.2) is 25.9 Å². The largest absolute Gasteiger partial charge is 0.309 e. The van der Waals surface area contributed by atoms with E-state index in [1.807, 2.05) is 13.0 Å². The zero-order valence-corrected chi connectivity index (χ0v) is 11.9. The first-order valence-corrected chi connectivity index (χ1v) is 6.69. The standard InChI is InChI=1S/C15H13N5O2/c1-10-5-4-8-13(16-10)17-14(21)9-20-15(22)11-6-2-3-7-12(11)18-19-20/h2-8H,9H2,1H3,(H,16,17,21). The summed E-state index contributed by atoms with van der Waals surface area (Å²) in [6.45, 7) is 1.61. The molecule has 1 N–H and O–H groups in total. The van der Waals surface area contributed by atoms with E-state index in [1.54, 1.807) is 36.4 Å². The zero-order valence-electron chi connectivity index (χ0n) is 11.9. The molecular formula is C15H13N5O2. The Bertz CT molecular complexity index is 904. The maximum Gasteiger partial charge on any atom is 0.278 e. The van der Waals surface area contributed by atoms with E-state index < -0.39 is 0 Å². The van der Waals surface area contributed by atoms with Gasteiger partial charge in [0.25, 0.3) is 5.56 Å².